The number of nitrogens with zero attached hydrogens (tertiary/aromatic N) is 3. The molecule has 19 heavy (non-hydrogen) atoms. The fourth-order valence-electron chi connectivity index (χ4n) is 1.53. The summed E-state index contributed by atoms with van der Waals surface area (Å²) in [5.41, 5.74) is 9.75. The zero-order valence-corrected chi connectivity index (χ0v) is 12.3. The topological polar surface area (TPSA) is 73.9 Å². The third-order valence-corrected chi connectivity index (χ3v) is 3.70. The summed E-state index contributed by atoms with van der Waals surface area (Å²) in [6.45, 7) is 4.34. The molecule has 0 saturated heterocycles. The van der Waals surface area contributed by atoms with Gasteiger partial charge in [-0.05, 0) is 19.9 Å². The van der Waals surface area contributed by atoms with E-state index in [1.807, 2.05) is 19.4 Å². The molecule has 0 aromatic carbocycles. The van der Waals surface area contributed by atoms with Crippen LogP contribution in [0.25, 0.3) is 0 Å². The molecule has 0 bridgehead atoms. The number of aromatic nitrogens is 3. The smallest absolute Gasteiger partial charge is 0.317 e. The van der Waals surface area contributed by atoms with Crippen molar-refractivity contribution in [1.29, 1.82) is 0 Å². The number of hydrogen-bond donors (Lipinski definition) is 1. The van der Waals surface area contributed by atoms with Crippen molar-refractivity contribution >= 4 is 28.5 Å². The van der Waals surface area contributed by atoms with Crippen LogP contribution in [-0.4, -0.2) is 26.5 Å². The van der Waals surface area contributed by atoms with Crippen LogP contribution in [0.1, 0.15) is 22.0 Å². The van der Waals surface area contributed by atoms with Gasteiger partial charge in [0.1, 0.15) is 10.7 Å². The van der Waals surface area contributed by atoms with Crippen molar-refractivity contribution in [2.45, 2.75) is 20.3 Å². The maximum absolute atomic E-state index is 5.56. The van der Waals surface area contributed by atoms with E-state index in [1.54, 1.807) is 17.4 Å². The van der Waals surface area contributed by atoms with Gasteiger partial charge in [0.15, 0.2) is 0 Å². The Balaban J connectivity index is 2.00. The minimum atomic E-state index is 0.244. The van der Waals surface area contributed by atoms with Gasteiger partial charge in [-0.1, -0.05) is 12.2 Å². The number of thiazole rings is 1. The molecular formula is C12H14N4OS2. The van der Waals surface area contributed by atoms with Gasteiger partial charge < -0.3 is 10.5 Å². The van der Waals surface area contributed by atoms with Crippen molar-refractivity contribution in [1.82, 2.24) is 15.0 Å². The van der Waals surface area contributed by atoms with Gasteiger partial charge in [-0.25, -0.2) is 9.97 Å². The minimum Gasteiger partial charge on any atom is -0.463 e. The van der Waals surface area contributed by atoms with E-state index >= 15 is 0 Å². The van der Waals surface area contributed by atoms with Gasteiger partial charge in [0.2, 0.25) is 0 Å². The molecule has 0 spiro atoms. The first-order valence-electron chi connectivity index (χ1n) is 5.73. The molecule has 0 aliphatic heterocycles. The van der Waals surface area contributed by atoms with E-state index in [2.05, 4.69) is 15.0 Å². The van der Waals surface area contributed by atoms with E-state index in [0.717, 1.165) is 17.8 Å². The highest BCUT2D eigenvalue weighted by Gasteiger charge is 2.07. The zero-order chi connectivity index (χ0) is 13.8. The first-order valence-corrected chi connectivity index (χ1v) is 7.02. The third-order valence-electron chi connectivity index (χ3n) is 2.49. The molecule has 0 aliphatic rings. The molecule has 0 atom stereocenters. The van der Waals surface area contributed by atoms with Gasteiger partial charge in [0.05, 0.1) is 17.8 Å². The molecule has 100 valence electrons. The molecule has 2 aromatic rings. The molecular weight excluding hydrogens is 280 g/mol. The van der Waals surface area contributed by atoms with E-state index < -0.39 is 0 Å². The van der Waals surface area contributed by atoms with E-state index in [4.69, 9.17) is 22.7 Å². The van der Waals surface area contributed by atoms with Crippen LogP contribution >= 0.6 is 23.6 Å². The maximum atomic E-state index is 5.56. The molecule has 0 saturated carbocycles. The molecule has 2 N–H and O–H groups in total. The number of aryl methyl sites for hydroxylation is 2. The fourth-order valence-corrected chi connectivity index (χ4v) is 2.40. The highest BCUT2D eigenvalue weighted by molar-refractivity contribution is 7.80. The fraction of sp³-hybridized carbons (Fsp3) is 0.333. The van der Waals surface area contributed by atoms with Crippen LogP contribution in [0, 0.1) is 13.8 Å². The minimum absolute atomic E-state index is 0.244. The molecule has 0 radical (unpaired) electrons. The molecule has 5 nitrogen and oxygen atoms in total. The van der Waals surface area contributed by atoms with Crippen molar-refractivity contribution in [3.8, 4) is 6.01 Å². The molecule has 2 aromatic heterocycles. The summed E-state index contributed by atoms with van der Waals surface area (Å²) in [4.78, 5) is 14.0. The van der Waals surface area contributed by atoms with E-state index in [-0.39, 0.29) is 4.99 Å². The first kappa shape index (κ1) is 13.8. The lowest BCUT2D eigenvalue weighted by molar-refractivity contribution is 0.296. The van der Waals surface area contributed by atoms with Crippen molar-refractivity contribution in [2.75, 3.05) is 6.61 Å². The van der Waals surface area contributed by atoms with E-state index in [9.17, 15) is 0 Å². The molecule has 0 aliphatic carbocycles. The average molecular weight is 294 g/mol. The largest absolute Gasteiger partial charge is 0.463 e. The monoisotopic (exact) mass is 294 g/mol. The summed E-state index contributed by atoms with van der Waals surface area (Å²) in [5, 5.41) is 0. The Hall–Kier alpha value is -1.60. The highest BCUT2D eigenvalue weighted by Crippen LogP contribution is 2.13. The zero-order valence-electron chi connectivity index (χ0n) is 10.7. The van der Waals surface area contributed by atoms with Crippen molar-refractivity contribution in [3.05, 3.63) is 33.5 Å². The van der Waals surface area contributed by atoms with Crippen molar-refractivity contribution in [2.24, 2.45) is 5.73 Å². The molecule has 0 fully saturated rings. The molecule has 0 amide bonds. The Morgan fingerprint density at radius 3 is 2.84 bits per heavy atom. The van der Waals surface area contributed by atoms with Gasteiger partial charge in [-0.2, -0.15) is 4.98 Å². The van der Waals surface area contributed by atoms with Crippen LogP contribution in [0.15, 0.2) is 11.6 Å². The van der Waals surface area contributed by atoms with Crippen LogP contribution in [0.4, 0.5) is 0 Å². The standard InChI is InChI=1S/C12H14N4OS2/c1-7-5-9(11(13)18)16-12(15-7)17-4-3-10-8(2)14-6-19-10/h5-6H,3-4H2,1-2H3,(H2,13,18). The summed E-state index contributed by atoms with van der Waals surface area (Å²) in [6, 6.07) is 2.05. The third kappa shape index (κ3) is 3.68. The van der Waals surface area contributed by atoms with Gasteiger partial charge in [0.25, 0.3) is 0 Å². The normalized spacial score (nSPS) is 10.4. The number of nitrogens with two attached hydrogens (primary N) is 1. The van der Waals surface area contributed by atoms with Gasteiger partial charge in [0, 0.05) is 17.0 Å². The lowest BCUT2D eigenvalue weighted by Gasteiger charge is -2.06. The molecule has 0 unspecified atom stereocenters. The average Bonchev–Trinajstić information content (AvgIpc) is 2.74. The van der Waals surface area contributed by atoms with E-state index in [0.29, 0.717) is 18.3 Å². The van der Waals surface area contributed by atoms with Crippen LogP contribution in [0.5, 0.6) is 6.01 Å². The van der Waals surface area contributed by atoms with Gasteiger partial charge >= 0.3 is 6.01 Å². The van der Waals surface area contributed by atoms with Crippen LogP contribution in [0.3, 0.4) is 0 Å². The molecule has 7 heteroatoms. The number of ether oxygens (including phenoxy) is 1. The highest BCUT2D eigenvalue weighted by atomic mass is 32.1. The van der Waals surface area contributed by atoms with Gasteiger partial charge in [-0.3, -0.25) is 0 Å². The van der Waals surface area contributed by atoms with Gasteiger partial charge in [-0.15, -0.1) is 11.3 Å². The first-order chi connectivity index (χ1) is 9.06. The Morgan fingerprint density at radius 1 is 1.42 bits per heavy atom. The quantitative estimate of drug-likeness (QED) is 0.848. The van der Waals surface area contributed by atoms with Crippen molar-refractivity contribution < 1.29 is 4.74 Å². The predicted molar refractivity (Wildman–Crippen MR) is 78.7 cm³/mol. The lowest BCUT2D eigenvalue weighted by atomic mass is 10.3. The summed E-state index contributed by atoms with van der Waals surface area (Å²) in [5.74, 6) is 0. The van der Waals surface area contributed by atoms with Crippen molar-refractivity contribution in [3.63, 3.8) is 0 Å². The summed E-state index contributed by atoms with van der Waals surface area (Å²) < 4.78 is 5.55. The second-order valence-electron chi connectivity index (χ2n) is 4.00. The van der Waals surface area contributed by atoms with E-state index in [1.165, 1.54) is 4.88 Å². The molecule has 2 heterocycles. The Morgan fingerprint density at radius 2 is 2.21 bits per heavy atom. The Labute approximate surface area is 120 Å². The second kappa shape index (κ2) is 6.03. The summed E-state index contributed by atoms with van der Waals surface area (Å²) >= 11 is 6.52. The Kier molecular flexibility index (Phi) is 4.39. The number of hydrogen-bond acceptors (Lipinski definition) is 6. The summed E-state index contributed by atoms with van der Waals surface area (Å²) in [7, 11) is 0. The number of rotatable bonds is 5. The lowest BCUT2D eigenvalue weighted by Crippen LogP contribution is -2.14. The number of thiocarbonyl (C=S) groups is 1. The van der Waals surface area contributed by atoms with Crippen LogP contribution in [0.2, 0.25) is 0 Å². The predicted octanol–water partition coefficient (Wildman–Crippen LogP) is 1.81. The SMILES string of the molecule is Cc1cc(C(N)=S)nc(OCCc2scnc2C)n1. The second-order valence-corrected chi connectivity index (χ2v) is 5.38. The Bertz CT molecular complexity index is 597. The maximum Gasteiger partial charge on any atom is 0.317 e. The summed E-state index contributed by atoms with van der Waals surface area (Å²) in [6.07, 6.45) is 0.788. The molecule has 2 rings (SSSR count). The van der Waals surface area contributed by atoms with Crippen LogP contribution < -0.4 is 10.5 Å². The van der Waals surface area contributed by atoms with Crippen LogP contribution in [-0.2, 0) is 6.42 Å².